The molecule has 0 unspecified atom stereocenters. The molecular weight excluding hydrogens is 248 g/mol. The van der Waals surface area contributed by atoms with Crippen LogP contribution in [0.3, 0.4) is 0 Å². The highest BCUT2D eigenvalue weighted by Gasteiger charge is 2.08. The molecule has 1 aromatic heterocycles. The topological polar surface area (TPSA) is 30.2 Å². The number of benzene rings is 2. The Hall–Kier alpha value is -2.06. The van der Waals surface area contributed by atoms with Crippen molar-refractivity contribution >= 4 is 22.6 Å². The van der Waals surface area contributed by atoms with Crippen LogP contribution in [-0.2, 0) is 0 Å². The van der Waals surface area contributed by atoms with E-state index in [4.69, 9.17) is 16.0 Å². The van der Waals surface area contributed by atoms with E-state index in [0.717, 1.165) is 5.56 Å². The van der Waals surface area contributed by atoms with Gasteiger partial charge in [0.15, 0.2) is 0 Å². The van der Waals surface area contributed by atoms with E-state index in [9.17, 15) is 4.79 Å². The van der Waals surface area contributed by atoms with Crippen LogP contribution in [0.15, 0.2) is 64.0 Å². The maximum absolute atomic E-state index is 12.4. The van der Waals surface area contributed by atoms with Gasteiger partial charge in [0.05, 0.1) is 10.9 Å². The van der Waals surface area contributed by atoms with Crippen LogP contribution in [0.4, 0.5) is 0 Å². The second-order valence-electron chi connectivity index (χ2n) is 3.99. The van der Waals surface area contributed by atoms with E-state index in [1.54, 1.807) is 18.2 Å². The Kier molecular flexibility index (Phi) is 2.65. The first-order valence-corrected chi connectivity index (χ1v) is 5.90. The normalized spacial score (nSPS) is 10.7. The molecule has 0 aliphatic rings. The number of fused-ring (bicyclic) bond motifs is 1. The zero-order chi connectivity index (χ0) is 12.5. The van der Waals surface area contributed by atoms with Crippen molar-refractivity contribution in [2.45, 2.75) is 0 Å². The molecule has 0 radical (unpaired) electrons. The van der Waals surface area contributed by atoms with E-state index in [2.05, 4.69) is 0 Å². The van der Waals surface area contributed by atoms with E-state index >= 15 is 0 Å². The lowest BCUT2D eigenvalue weighted by Gasteiger charge is -2.02. The van der Waals surface area contributed by atoms with Gasteiger partial charge in [0.25, 0.3) is 0 Å². The summed E-state index contributed by atoms with van der Waals surface area (Å²) in [5.74, 6) is 0. The van der Waals surface area contributed by atoms with Crippen molar-refractivity contribution in [3.63, 3.8) is 0 Å². The molecule has 0 bridgehead atoms. The SMILES string of the molecule is O=c1c(-c2ccccc2)coc2ccc(Cl)cc12. The van der Waals surface area contributed by atoms with Gasteiger partial charge in [0.2, 0.25) is 5.43 Å². The minimum Gasteiger partial charge on any atom is -0.463 e. The lowest BCUT2D eigenvalue weighted by Crippen LogP contribution is -2.04. The molecule has 0 N–H and O–H groups in total. The van der Waals surface area contributed by atoms with Crippen molar-refractivity contribution in [1.29, 1.82) is 0 Å². The van der Waals surface area contributed by atoms with Gasteiger partial charge in [-0.15, -0.1) is 0 Å². The van der Waals surface area contributed by atoms with Gasteiger partial charge in [-0.1, -0.05) is 41.9 Å². The number of hydrogen-bond donors (Lipinski definition) is 0. The predicted octanol–water partition coefficient (Wildman–Crippen LogP) is 4.11. The van der Waals surface area contributed by atoms with Crippen LogP contribution in [-0.4, -0.2) is 0 Å². The number of halogens is 1. The summed E-state index contributed by atoms with van der Waals surface area (Å²) < 4.78 is 5.47. The summed E-state index contributed by atoms with van der Waals surface area (Å²) >= 11 is 5.91. The molecule has 3 aromatic rings. The molecule has 0 amide bonds. The van der Waals surface area contributed by atoms with E-state index in [1.807, 2.05) is 30.3 Å². The summed E-state index contributed by atoms with van der Waals surface area (Å²) in [7, 11) is 0. The molecule has 0 aliphatic carbocycles. The van der Waals surface area contributed by atoms with Gasteiger partial charge in [0.1, 0.15) is 11.8 Å². The molecule has 0 atom stereocenters. The second kappa shape index (κ2) is 4.31. The summed E-state index contributed by atoms with van der Waals surface area (Å²) in [6, 6.07) is 14.5. The van der Waals surface area contributed by atoms with Crippen molar-refractivity contribution in [3.8, 4) is 11.1 Å². The van der Waals surface area contributed by atoms with Gasteiger partial charge in [-0.25, -0.2) is 0 Å². The summed E-state index contributed by atoms with van der Waals surface area (Å²) in [6.45, 7) is 0. The van der Waals surface area contributed by atoms with Crippen LogP contribution in [0.25, 0.3) is 22.1 Å². The molecule has 0 fully saturated rings. The fraction of sp³-hybridized carbons (Fsp3) is 0. The third kappa shape index (κ3) is 1.81. The quantitative estimate of drug-likeness (QED) is 0.656. The zero-order valence-electron chi connectivity index (χ0n) is 9.39. The molecule has 1 heterocycles. The Morgan fingerprint density at radius 3 is 2.56 bits per heavy atom. The highest BCUT2D eigenvalue weighted by molar-refractivity contribution is 6.31. The van der Waals surface area contributed by atoms with E-state index in [-0.39, 0.29) is 5.43 Å². The molecule has 2 aromatic carbocycles. The Morgan fingerprint density at radius 1 is 1.00 bits per heavy atom. The van der Waals surface area contributed by atoms with Crippen LogP contribution >= 0.6 is 11.6 Å². The van der Waals surface area contributed by atoms with E-state index in [0.29, 0.717) is 21.6 Å². The molecule has 0 spiro atoms. The fourth-order valence-corrected chi connectivity index (χ4v) is 2.09. The largest absolute Gasteiger partial charge is 0.463 e. The molecule has 18 heavy (non-hydrogen) atoms. The van der Waals surface area contributed by atoms with Crippen LogP contribution in [0.5, 0.6) is 0 Å². The lowest BCUT2D eigenvalue weighted by molar-refractivity contribution is 0.604. The van der Waals surface area contributed by atoms with Crippen LogP contribution < -0.4 is 5.43 Å². The van der Waals surface area contributed by atoms with Crippen molar-refractivity contribution in [2.24, 2.45) is 0 Å². The average molecular weight is 257 g/mol. The zero-order valence-corrected chi connectivity index (χ0v) is 10.1. The van der Waals surface area contributed by atoms with E-state index in [1.165, 1.54) is 6.26 Å². The van der Waals surface area contributed by atoms with Crippen molar-refractivity contribution in [2.75, 3.05) is 0 Å². The summed E-state index contributed by atoms with van der Waals surface area (Å²) in [5.41, 5.74) is 1.87. The molecule has 88 valence electrons. The van der Waals surface area contributed by atoms with E-state index < -0.39 is 0 Å². The Morgan fingerprint density at radius 2 is 1.78 bits per heavy atom. The van der Waals surface area contributed by atoms with Crippen LogP contribution in [0.2, 0.25) is 5.02 Å². The third-order valence-electron chi connectivity index (χ3n) is 2.82. The van der Waals surface area contributed by atoms with Gasteiger partial charge in [-0.2, -0.15) is 0 Å². The summed E-state index contributed by atoms with van der Waals surface area (Å²) in [4.78, 5) is 12.4. The van der Waals surface area contributed by atoms with Crippen LogP contribution in [0, 0.1) is 0 Å². The molecule has 3 heteroatoms. The van der Waals surface area contributed by atoms with Gasteiger partial charge in [-0.05, 0) is 23.8 Å². The van der Waals surface area contributed by atoms with Gasteiger partial charge < -0.3 is 4.42 Å². The first-order chi connectivity index (χ1) is 8.75. The standard InChI is InChI=1S/C15H9ClO2/c16-11-6-7-14-12(8-11)15(17)13(9-18-14)10-4-2-1-3-5-10/h1-9H. The Balaban J connectivity index is 2.33. The number of rotatable bonds is 1. The van der Waals surface area contributed by atoms with Crippen molar-refractivity contribution < 1.29 is 4.42 Å². The average Bonchev–Trinajstić information content (AvgIpc) is 2.41. The fourth-order valence-electron chi connectivity index (χ4n) is 1.92. The van der Waals surface area contributed by atoms with Crippen LogP contribution in [0.1, 0.15) is 0 Å². The molecule has 2 nitrogen and oxygen atoms in total. The molecule has 0 aliphatic heterocycles. The highest BCUT2D eigenvalue weighted by Crippen LogP contribution is 2.21. The van der Waals surface area contributed by atoms with Crippen molar-refractivity contribution in [1.82, 2.24) is 0 Å². The molecule has 0 saturated carbocycles. The summed E-state index contributed by atoms with van der Waals surface area (Å²) in [6.07, 6.45) is 1.49. The minimum absolute atomic E-state index is 0.0649. The maximum Gasteiger partial charge on any atom is 0.200 e. The summed E-state index contributed by atoms with van der Waals surface area (Å²) in [5, 5.41) is 1.03. The highest BCUT2D eigenvalue weighted by atomic mass is 35.5. The smallest absolute Gasteiger partial charge is 0.200 e. The monoisotopic (exact) mass is 256 g/mol. The van der Waals surface area contributed by atoms with Gasteiger partial charge in [-0.3, -0.25) is 4.79 Å². The first kappa shape index (κ1) is 11.1. The Labute approximate surface area is 108 Å². The molecule has 0 saturated heterocycles. The predicted molar refractivity (Wildman–Crippen MR) is 72.9 cm³/mol. The third-order valence-corrected chi connectivity index (χ3v) is 3.05. The number of hydrogen-bond acceptors (Lipinski definition) is 2. The van der Waals surface area contributed by atoms with Crippen molar-refractivity contribution in [3.05, 3.63) is 70.0 Å². The minimum atomic E-state index is -0.0649. The maximum atomic E-state index is 12.4. The van der Waals surface area contributed by atoms with Gasteiger partial charge >= 0.3 is 0 Å². The Bertz CT molecular complexity index is 760. The van der Waals surface area contributed by atoms with Gasteiger partial charge in [0, 0.05) is 5.02 Å². The second-order valence-corrected chi connectivity index (χ2v) is 4.42. The first-order valence-electron chi connectivity index (χ1n) is 5.52. The molecule has 3 rings (SSSR count). The lowest BCUT2D eigenvalue weighted by atomic mass is 10.1. The molecular formula is C15H9ClO2.